The number of nitrogens with zero attached hydrogens (tertiary/aromatic N) is 3. The lowest BCUT2D eigenvalue weighted by molar-refractivity contribution is 0.307. The molecule has 5 nitrogen and oxygen atoms in total. The van der Waals surface area contributed by atoms with Gasteiger partial charge in [0.2, 0.25) is 0 Å². The molecule has 0 unspecified atom stereocenters. The van der Waals surface area contributed by atoms with Gasteiger partial charge in [0, 0.05) is 38.4 Å². The van der Waals surface area contributed by atoms with Gasteiger partial charge in [0.25, 0.3) is 0 Å². The number of para-hydroxylation sites is 2. The molecule has 0 radical (unpaired) electrons. The average molecular weight is 409 g/mol. The molecule has 5 rings (SSSR count). The van der Waals surface area contributed by atoms with E-state index in [9.17, 15) is 9.18 Å². The van der Waals surface area contributed by atoms with Crippen LogP contribution in [-0.4, -0.2) is 47.2 Å². The van der Waals surface area contributed by atoms with E-state index >= 15 is 0 Å². The summed E-state index contributed by atoms with van der Waals surface area (Å²) in [4.78, 5) is 20.1. The number of imidazole rings is 1. The number of likely N-dealkylation sites (tertiary alicyclic amines) is 1. The van der Waals surface area contributed by atoms with Crippen molar-refractivity contribution in [2.24, 2.45) is 11.8 Å². The first kappa shape index (κ1) is 19.4. The maximum Gasteiger partial charge on any atom is 0.326 e. The molecule has 0 aliphatic carbocycles. The van der Waals surface area contributed by atoms with E-state index in [0.29, 0.717) is 0 Å². The summed E-state index contributed by atoms with van der Waals surface area (Å²) in [6, 6.07) is 14.8. The lowest BCUT2D eigenvalue weighted by Gasteiger charge is -2.23. The highest BCUT2D eigenvalue weighted by Gasteiger charge is 2.39. The second kappa shape index (κ2) is 8.26. The van der Waals surface area contributed by atoms with Crippen LogP contribution in [0.1, 0.15) is 19.3 Å². The normalized spacial score (nSPS) is 21.6. The van der Waals surface area contributed by atoms with Gasteiger partial charge in [-0.1, -0.05) is 18.6 Å². The fraction of sp³-hybridized carbons (Fsp3) is 0.458. The molecule has 0 spiro atoms. The summed E-state index contributed by atoms with van der Waals surface area (Å²) in [5.41, 5.74) is 3.06. The van der Waals surface area contributed by atoms with Crippen molar-refractivity contribution in [1.82, 2.24) is 14.5 Å². The monoisotopic (exact) mass is 408 g/mol. The lowest BCUT2D eigenvalue weighted by atomic mass is 10.0. The van der Waals surface area contributed by atoms with Gasteiger partial charge in [-0.05, 0) is 67.6 Å². The Hall–Kier alpha value is -2.60. The van der Waals surface area contributed by atoms with E-state index < -0.39 is 0 Å². The van der Waals surface area contributed by atoms with Crippen molar-refractivity contribution in [2.75, 3.05) is 37.6 Å². The van der Waals surface area contributed by atoms with Crippen molar-refractivity contribution < 1.29 is 4.39 Å². The van der Waals surface area contributed by atoms with Crippen molar-refractivity contribution in [1.29, 1.82) is 0 Å². The predicted octanol–water partition coefficient (Wildman–Crippen LogP) is 3.71. The maximum atomic E-state index is 13.2. The first-order valence-corrected chi connectivity index (χ1v) is 11.1. The fourth-order valence-electron chi connectivity index (χ4n) is 5.25. The number of benzene rings is 2. The number of fused-ring (bicyclic) bond motifs is 2. The summed E-state index contributed by atoms with van der Waals surface area (Å²) in [7, 11) is 0. The molecule has 0 saturated carbocycles. The van der Waals surface area contributed by atoms with Gasteiger partial charge in [-0.15, -0.1) is 0 Å². The Bertz CT molecular complexity index is 1040. The molecule has 0 bridgehead atoms. The number of nitrogens with one attached hydrogen (secondary N) is 1. The van der Waals surface area contributed by atoms with Crippen LogP contribution >= 0.6 is 0 Å². The van der Waals surface area contributed by atoms with Gasteiger partial charge in [0.15, 0.2) is 0 Å². The number of H-pyrrole nitrogens is 1. The lowest BCUT2D eigenvalue weighted by Crippen LogP contribution is -2.29. The summed E-state index contributed by atoms with van der Waals surface area (Å²) in [6.45, 7) is 6.42. The quantitative estimate of drug-likeness (QED) is 0.606. The molecule has 2 atom stereocenters. The molecule has 3 aromatic rings. The average Bonchev–Trinajstić information content (AvgIpc) is 3.39. The summed E-state index contributed by atoms with van der Waals surface area (Å²) < 4.78 is 15.0. The van der Waals surface area contributed by atoms with Crippen LogP contribution in [0.2, 0.25) is 0 Å². The van der Waals surface area contributed by atoms with Crippen molar-refractivity contribution in [2.45, 2.75) is 25.8 Å². The molecule has 2 aliphatic rings. The number of aryl methyl sites for hydroxylation is 1. The number of unbranched alkanes of at least 4 members (excludes halogenated alkanes) is 2. The number of anilines is 1. The van der Waals surface area contributed by atoms with Crippen LogP contribution < -0.4 is 10.6 Å². The second-order valence-electron chi connectivity index (χ2n) is 8.82. The van der Waals surface area contributed by atoms with Crippen LogP contribution in [0.4, 0.5) is 10.1 Å². The zero-order valence-electron chi connectivity index (χ0n) is 17.3. The minimum absolute atomic E-state index is 0.00530. The SMILES string of the molecule is O=c1[nH]c2ccccc2n1CCCCCN1C[C@@H]2CN(c3ccc(F)cc3)C[C@@H]2C1. The number of hydrogen-bond donors (Lipinski definition) is 1. The van der Waals surface area contributed by atoms with E-state index in [1.54, 1.807) is 12.1 Å². The van der Waals surface area contributed by atoms with Crippen LogP contribution in [0, 0.1) is 17.7 Å². The van der Waals surface area contributed by atoms with Crippen LogP contribution in [0.3, 0.4) is 0 Å². The first-order valence-electron chi connectivity index (χ1n) is 11.1. The van der Waals surface area contributed by atoms with Crippen molar-refractivity contribution in [3.63, 3.8) is 0 Å². The Labute approximate surface area is 176 Å². The molecule has 3 heterocycles. The van der Waals surface area contributed by atoms with E-state index in [1.807, 2.05) is 41.0 Å². The van der Waals surface area contributed by atoms with Crippen molar-refractivity contribution in [3.05, 3.63) is 64.8 Å². The number of halogens is 1. The minimum atomic E-state index is -0.168. The van der Waals surface area contributed by atoms with Crippen LogP contribution in [0.25, 0.3) is 11.0 Å². The van der Waals surface area contributed by atoms with Gasteiger partial charge in [-0.3, -0.25) is 4.57 Å². The molecule has 2 saturated heterocycles. The first-order chi connectivity index (χ1) is 14.7. The highest BCUT2D eigenvalue weighted by Crippen LogP contribution is 2.34. The zero-order valence-corrected chi connectivity index (χ0v) is 17.3. The molecular formula is C24H29FN4O. The second-order valence-corrected chi connectivity index (χ2v) is 8.82. The molecule has 158 valence electrons. The van der Waals surface area contributed by atoms with E-state index in [2.05, 4.69) is 14.8 Å². The van der Waals surface area contributed by atoms with Crippen LogP contribution in [-0.2, 0) is 6.54 Å². The Balaban J connectivity index is 1.05. The molecule has 30 heavy (non-hydrogen) atoms. The van der Waals surface area contributed by atoms with Crippen molar-refractivity contribution in [3.8, 4) is 0 Å². The Morgan fingerprint density at radius 3 is 2.33 bits per heavy atom. The van der Waals surface area contributed by atoms with E-state index in [-0.39, 0.29) is 11.5 Å². The van der Waals surface area contributed by atoms with Gasteiger partial charge >= 0.3 is 5.69 Å². The van der Waals surface area contributed by atoms with Crippen molar-refractivity contribution >= 4 is 16.7 Å². The van der Waals surface area contributed by atoms with E-state index in [4.69, 9.17) is 0 Å². The molecule has 0 amide bonds. The van der Waals surface area contributed by atoms with Gasteiger partial charge in [0.1, 0.15) is 5.82 Å². The van der Waals surface area contributed by atoms with Crippen LogP contribution in [0.15, 0.2) is 53.3 Å². The predicted molar refractivity (Wildman–Crippen MR) is 118 cm³/mol. The third-order valence-corrected chi connectivity index (χ3v) is 6.79. The molecule has 2 aromatic carbocycles. The summed E-state index contributed by atoms with van der Waals surface area (Å²) in [5.74, 6) is 1.28. The third kappa shape index (κ3) is 3.88. The topological polar surface area (TPSA) is 44.3 Å². The minimum Gasteiger partial charge on any atom is -0.371 e. The summed E-state index contributed by atoms with van der Waals surface area (Å²) in [5, 5.41) is 0. The van der Waals surface area contributed by atoms with Gasteiger partial charge in [-0.2, -0.15) is 0 Å². The summed E-state index contributed by atoms with van der Waals surface area (Å²) >= 11 is 0. The number of rotatable bonds is 7. The zero-order chi connectivity index (χ0) is 20.5. The highest BCUT2D eigenvalue weighted by atomic mass is 19.1. The summed E-state index contributed by atoms with van der Waals surface area (Å²) in [6.07, 6.45) is 3.35. The number of aromatic nitrogens is 2. The van der Waals surface area contributed by atoms with Gasteiger partial charge in [0.05, 0.1) is 11.0 Å². The number of aromatic amines is 1. The molecule has 6 heteroatoms. The van der Waals surface area contributed by atoms with E-state index in [0.717, 1.165) is 67.6 Å². The standard InChI is InChI=1S/C24H29FN4O/c25-20-8-10-21(11-9-20)28-16-18-14-27(15-19(18)17-28)12-4-1-5-13-29-23-7-3-2-6-22(23)26-24(29)30/h2-3,6-11,18-19H,1,4-5,12-17H2,(H,26,30)/t18-,19+. The largest absolute Gasteiger partial charge is 0.371 e. The molecule has 2 aliphatic heterocycles. The van der Waals surface area contributed by atoms with E-state index in [1.165, 1.54) is 19.5 Å². The maximum absolute atomic E-state index is 13.2. The Kier molecular flexibility index (Phi) is 5.34. The van der Waals surface area contributed by atoms with Gasteiger partial charge in [-0.25, -0.2) is 9.18 Å². The Morgan fingerprint density at radius 2 is 1.57 bits per heavy atom. The molecule has 1 N–H and O–H groups in total. The van der Waals surface area contributed by atoms with Crippen LogP contribution in [0.5, 0.6) is 0 Å². The molecule has 1 aromatic heterocycles. The fourth-order valence-corrected chi connectivity index (χ4v) is 5.25. The van der Waals surface area contributed by atoms with Gasteiger partial charge < -0.3 is 14.8 Å². The number of hydrogen-bond acceptors (Lipinski definition) is 3. The third-order valence-electron chi connectivity index (χ3n) is 6.79. The Morgan fingerprint density at radius 1 is 0.867 bits per heavy atom. The highest BCUT2D eigenvalue weighted by molar-refractivity contribution is 5.74. The molecular weight excluding hydrogens is 379 g/mol. The smallest absolute Gasteiger partial charge is 0.326 e. The molecule has 2 fully saturated rings.